The molecule has 0 unspecified atom stereocenters. The molecule has 0 aliphatic carbocycles. The van der Waals surface area contributed by atoms with Crippen molar-refractivity contribution in [3.05, 3.63) is 0 Å². The number of nitrogens with one attached hydrogen (secondary N) is 2. The minimum absolute atomic E-state index is 0.147. The van der Waals surface area contributed by atoms with Gasteiger partial charge in [-0.25, -0.2) is 4.79 Å². The second kappa shape index (κ2) is 9.17. The predicted octanol–water partition coefficient (Wildman–Crippen LogP) is 0.832. The number of nitrogens with two attached hydrogens (primary N) is 1. The van der Waals surface area contributed by atoms with Gasteiger partial charge in [0.25, 0.3) is 0 Å². The van der Waals surface area contributed by atoms with Crippen molar-refractivity contribution in [3.63, 3.8) is 0 Å². The first-order valence-corrected chi connectivity index (χ1v) is 6.91. The van der Waals surface area contributed by atoms with Gasteiger partial charge < -0.3 is 21.5 Å². The number of primary amides is 1. The van der Waals surface area contributed by atoms with Crippen LogP contribution in [-0.4, -0.2) is 36.1 Å². The largest absolute Gasteiger partial charge is 0.481 e. The molecule has 0 saturated heterocycles. The number of carbonyl (C=O) groups is 3. The van der Waals surface area contributed by atoms with Gasteiger partial charge in [-0.3, -0.25) is 9.59 Å². The fraction of sp³-hybridized carbons (Fsp3) is 0.769. The van der Waals surface area contributed by atoms with Gasteiger partial charge in [-0.2, -0.15) is 0 Å². The van der Waals surface area contributed by atoms with E-state index in [2.05, 4.69) is 10.6 Å². The van der Waals surface area contributed by atoms with Gasteiger partial charge in [0.15, 0.2) is 0 Å². The molecule has 7 heteroatoms. The zero-order chi connectivity index (χ0) is 15.6. The number of carboxylic acids is 1. The van der Waals surface area contributed by atoms with Crippen LogP contribution in [0, 0.1) is 5.41 Å². The second-order valence-electron chi connectivity index (χ2n) is 4.82. The molecule has 3 amide bonds. The molecule has 0 heterocycles. The summed E-state index contributed by atoms with van der Waals surface area (Å²) in [5.41, 5.74) is 4.02. The quantitative estimate of drug-likeness (QED) is 0.444. The van der Waals surface area contributed by atoms with E-state index >= 15 is 0 Å². The van der Waals surface area contributed by atoms with Gasteiger partial charge >= 0.3 is 12.0 Å². The summed E-state index contributed by atoms with van der Waals surface area (Å²) in [6.07, 6.45) is 2.53. The minimum Gasteiger partial charge on any atom is -0.481 e. The Balaban J connectivity index is 3.97. The topological polar surface area (TPSA) is 122 Å². The standard InChI is InChI=1S/C13H25N3O4/c1-3-13(4-2,11(18)19)9-16-10(17)7-5-6-8-15-12(14)20/h3-9H2,1-2H3,(H,16,17)(H,18,19)(H3,14,15,20). The van der Waals surface area contributed by atoms with Gasteiger partial charge in [0.2, 0.25) is 5.91 Å². The van der Waals surface area contributed by atoms with Gasteiger partial charge in [0.1, 0.15) is 0 Å². The normalized spacial score (nSPS) is 10.9. The molecular formula is C13H25N3O4. The van der Waals surface area contributed by atoms with Crippen molar-refractivity contribution in [2.75, 3.05) is 13.1 Å². The van der Waals surface area contributed by atoms with E-state index in [1.165, 1.54) is 0 Å². The average molecular weight is 287 g/mol. The molecule has 0 saturated carbocycles. The summed E-state index contributed by atoms with van der Waals surface area (Å²) in [4.78, 5) is 33.3. The van der Waals surface area contributed by atoms with E-state index in [9.17, 15) is 19.5 Å². The predicted molar refractivity (Wildman–Crippen MR) is 75.1 cm³/mol. The van der Waals surface area contributed by atoms with Gasteiger partial charge in [-0.05, 0) is 25.7 Å². The third kappa shape index (κ3) is 6.40. The van der Waals surface area contributed by atoms with Crippen molar-refractivity contribution in [1.29, 1.82) is 0 Å². The highest BCUT2D eigenvalue weighted by molar-refractivity contribution is 5.79. The van der Waals surface area contributed by atoms with E-state index in [1.807, 2.05) is 0 Å². The summed E-state index contributed by atoms with van der Waals surface area (Å²) in [5, 5.41) is 14.3. The van der Waals surface area contributed by atoms with Crippen LogP contribution in [0.4, 0.5) is 4.79 Å². The SMILES string of the molecule is CCC(CC)(CNC(=O)CCCCNC(N)=O)C(=O)O. The number of amides is 3. The summed E-state index contributed by atoms with van der Waals surface area (Å²) < 4.78 is 0. The van der Waals surface area contributed by atoms with Crippen molar-refractivity contribution in [2.24, 2.45) is 11.1 Å². The first kappa shape index (κ1) is 18.2. The van der Waals surface area contributed by atoms with Crippen molar-refractivity contribution in [2.45, 2.75) is 46.0 Å². The smallest absolute Gasteiger partial charge is 0.312 e. The van der Waals surface area contributed by atoms with Gasteiger partial charge in [-0.1, -0.05) is 13.8 Å². The molecule has 0 atom stereocenters. The minimum atomic E-state index is -0.886. The fourth-order valence-electron chi connectivity index (χ4n) is 1.86. The Morgan fingerprint density at radius 2 is 1.70 bits per heavy atom. The van der Waals surface area contributed by atoms with Crippen LogP contribution in [0.3, 0.4) is 0 Å². The molecule has 0 radical (unpaired) electrons. The highest BCUT2D eigenvalue weighted by atomic mass is 16.4. The van der Waals surface area contributed by atoms with Gasteiger partial charge in [0, 0.05) is 19.5 Å². The van der Waals surface area contributed by atoms with Gasteiger partial charge in [-0.15, -0.1) is 0 Å². The molecule has 7 nitrogen and oxygen atoms in total. The van der Waals surface area contributed by atoms with Crippen LogP contribution in [-0.2, 0) is 9.59 Å². The Morgan fingerprint density at radius 3 is 2.15 bits per heavy atom. The van der Waals surface area contributed by atoms with Crippen LogP contribution in [0.1, 0.15) is 46.0 Å². The van der Waals surface area contributed by atoms with Crippen molar-refractivity contribution in [3.8, 4) is 0 Å². The molecule has 0 spiro atoms. The molecule has 5 N–H and O–H groups in total. The molecule has 0 rings (SSSR count). The summed E-state index contributed by atoms with van der Waals surface area (Å²) >= 11 is 0. The number of carboxylic acid groups (broad SMARTS) is 1. The summed E-state index contributed by atoms with van der Waals surface area (Å²) in [5.74, 6) is -1.05. The highest BCUT2D eigenvalue weighted by Crippen LogP contribution is 2.25. The number of carbonyl (C=O) groups excluding carboxylic acids is 2. The fourth-order valence-corrected chi connectivity index (χ4v) is 1.86. The zero-order valence-electron chi connectivity index (χ0n) is 12.2. The number of rotatable bonds is 10. The monoisotopic (exact) mass is 287 g/mol. The lowest BCUT2D eigenvalue weighted by molar-refractivity contribution is -0.149. The Morgan fingerprint density at radius 1 is 1.10 bits per heavy atom. The molecule has 0 bridgehead atoms. The number of unbranched alkanes of at least 4 members (excludes halogenated alkanes) is 1. The van der Waals surface area contributed by atoms with E-state index in [4.69, 9.17) is 5.73 Å². The Kier molecular flexibility index (Phi) is 8.35. The Labute approximate surface area is 119 Å². The maximum atomic E-state index is 11.6. The summed E-state index contributed by atoms with van der Waals surface area (Å²) in [7, 11) is 0. The molecule has 0 aromatic carbocycles. The van der Waals surface area contributed by atoms with E-state index in [0.717, 1.165) is 0 Å². The van der Waals surface area contributed by atoms with E-state index < -0.39 is 17.4 Å². The van der Waals surface area contributed by atoms with Crippen molar-refractivity contribution < 1.29 is 19.5 Å². The molecule has 0 aliphatic heterocycles. The van der Waals surface area contributed by atoms with Crippen molar-refractivity contribution in [1.82, 2.24) is 10.6 Å². The van der Waals surface area contributed by atoms with E-state index in [1.54, 1.807) is 13.8 Å². The van der Waals surface area contributed by atoms with E-state index in [0.29, 0.717) is 38.6 Å². The molecule has 20 heavy (non-hydrogen) atoms. The maximum Gasteiger partial charge on any atom is 0.312 e. The number of aliphatic carboxylic acids is 1. The first-order chi connectivity index (χ1) is 9.38. The lowest BCUT2D eigenvalue weighted by Gasteiger charge is -2.26. The molecule has 116 valence electrons. The molecule has 0 fully saturated rings. The van der Waals surface area contributed by atoms with Crippen LogP contribution in [0.5, 0.6) is 0 Å². The lowest BCUT2D eigenvalue weighted by atomic mass is 9.82. The Bertz CT molecular complexity index is 341. The third-order valence-electron chi connectivity index (χ3n) is 3.56. The van der Waals surface area contributed by atoms with Crippen molar-refractivity contribution >= 4 is 17.9 Å². The van der Waals surface area contributed by atoms with Crippen LogP contribution >= 0.6 is 0 Å². The molecule has 0 aromatic heterocycles. The van der Waals surface area contributed by atoms with Crippen LogP contribution < -0.4 is 16.4 Å². The summed E-state index contributed by atoms with van der Waals surface area (Å²) in [6, 6.07) is -0.577. The lowest BCUT2D eigenvalue weighted by Crippen LogP contribution is -2.42. The number of hydrogen-bond donors (Lipinski definition) is 4. The number of urea groups is 1. The van der Waals surface area contributed by atoms with Gasteiger partial charge in [0.05, 0.1) is 5.41 Å². The van der Waals surface area contributed by atoms with Crippen LogP contribution in [0.15, 0.2) is 0 Å². The van der Waals surface area contributed by atoms with E-state index in [-0.39, 0.29) is 12.5 Å². The molecule has 0 aliphatic rings. The zero-order valence-corrected chi connectivity index (χ0v) is 12.2. The number of hydrogen-bond acceptors (Lipinski definition) is 3. The third-order valence-corrected chi connectivity index (χ3v) is 3.56. The Hall–Kier alpha value is -1.79. The van der Waals surface area contributed by atoms with Crippen LogP contribution in [0.2, 0.25) is 0 Å². The molecule has 0 aromatic rings. The maximum absolute atomic E-state index is 11.6. The summed E-state index contributed by atoms with van der Waals surface area (Å²) in [6.45, 7) is 4.19. The molecular weight excluding hydrogens is 262 g/mol. The second-order valence-corrected chi connectivity index (χ2v) is 4.82. The van der Waals surface area contributed by atoms with Crippen LogP contribution in [0.25, 0.3) is 0 Å². The average Bonchev–Trinajstić information content (AvgIpc) is 2.39. The first-order valence-electron chi connectivity index (χ1n) is 6.91. The highest BCUT2D eigenvalue weighted by Gasteiger charge is 2.34.